The molecule has 0 spiro atoms. The van der Waals surface area contributed by atoms with E-state index in [1.165, 1.54) is 35.8 Å². The third-order valence-corrected chi connectivity index (χ3v) is 9.13. The van der Waals surface area contributed by atoms with E-state index in [-0.39, 0.29) is 53.4 Å². The maximum atomic E-state index is 14.6. The van der Waals surface area contributed by atoms with Gasteiger partial charge in [0.25, 0.3) is 0 Å². The van der Waals surface area contributed by atoms with E-state index in [0.717, 1.165) is 6.42 Å². The first-order valence-electron chi connectivity index (χ1n) is 12.5. The zero-order valence-electron chi connectivity index (χ0n) is 22.0. The van der Waals surface area contributed by atoms with E-state index in [2.05, 4.69) is 29.4 Å². The van der Waals surface area contributed by atoms with Gasteiger partial charge in [-0.15, -0.1) is 0 Å². The molecule has 1 saturated heterocycles. The summed E-state index contributed by atoms with van der Waals surface area (Å²) >= 11 is 0. The third kappa shape index (κ3) is 5.85. The van der Waals surface area contributed by atoms with E-state index in [9.17, 15) is 22.0 Å². The second-order valence-corrected chi connectivity index (χ2v) is 12.8. The fourth-order valence-corrected chi connectivity index (χ4v) is 7.14. The second-order valence-electron chi connectivity index (χ2n) is 10.9. The van der Waals surface area contributed by atoms with Gasteiger partial charge in [-0.3, -0.25) is 4.79 Å². The molecule has 7 nitrogen and oxygen atoms in total. The fraction of sp³-hybridized carbons (Fsp3) is 0.654. The van der Waals surface area contributed by atoms with Gasteiger partial charge in [-0.1, -0.05) is 39.8 Å². The standard InChI is InChI=1S/C26H38F2N4O3S/c1-16(2)19-10-11-26(4,25(33)30-14-18-12-17(3)15-32(18)36(6,34)35)20(19)13-23(31-29-5)24-21(27)8-7-9-22(24)28/h7-9,13,16-20H,10-12,14-15H2,1-6H3,(H,30,33)/b23-13-,31-29-/t17-,18+,19+,20?,26+/m1/s1. The van der Waals surface area contributed by atoms with Crippen LogP contribution >= 0.6 is 0 Å². The van der Waals surface area contributed by atoms with E-state index in [0.29, 0.717) is 19.4 Å². The van der Waals surface area contributed by atoms with Crippen molar-refractivity contribution in [3.63, 3.8) is 0 Å². The van der Waals surface area contributed by atoms with Crippen LogP contribution in [0.3, 0.4) is 0 Å². The molecule has 0 bridgehead atoms. The van der Waals surface area contributed by atoms with Gasteiger partial charge in [-0.2, -0.15) is 14.5 Å². The molecule has 1 aromatic carbocycles. The maximum Gasteiger partial charge on any atom is 0.226 e. The van der Waals surface area contributed by atoms with Crippen LogP contribution in [0.2, 0.25) is 0 Å². The number of benzene rings is 1. The largest absolute Gasteiger partial charge is 0.354 e. The Kier molecular flexibility index (Phi) is 8.70. The van der Waals surface area contributed by atoms with Crippen LogP contribution in [0, 0.1) is 40.7 Å². The average Bonchev–Trinajstić information content (AvgIpc) is 3.32. The molecule has 1 N–H and O–H groups in total. The molecule has 2 fully saturated rings. The molecule has 36 heavy (non-hydrogen) atoms. The molecule has 200 valence electrons. The molecule has 0 aromatic heterocycles. The lowest BCUT2D eigenvalue weighted by Crippen LogP contribution is -2.48. The molecule has 1 unspecified atom stereocenters. The number of nitrogens with zero attached hydrogens (tertiary/aromatic N) is 3. The van der Waals surface area contributed by atoms with Crippen LogP contribution in [0.1, 0.15) is 52.5 Å². The van der Waals surface area contributed by atoms with E-state index in [4.69, 9.17) is 0 Å². The van der Waals surface area contributed by atoms with Gasteiger partial charge in [-0.05, 0) is 55.1 Å². The van der Waals surface area contributed by atoms with E-state index in [1.54, 1.807) is 6.08 Å². The molecule has 1 aliphatic carbocycles. The Balaban J connectivity index is 1.93. The van der Waals surface area contributed by atoms with Gasteiger partial charge in [0.15, 0.2) is 0 Å². The van der Waals surface area contributed by atoms with Crippen molar-refractivity contribution in [2.24, 2.45) is 39.3 Å². The Morgan fingerprint density at radius 2 is 1.94 bits per heavy atom. The van der Waals surface area contributed by atoms with Crippen molar-refractivity contribution in [3.05, 3.63) is 41.5 Å². The van der Waals surface area contributed by atoms with Crippen molar-refractivity contribution < 1.29 is 22.0 Å². The highest BCUT2D eigenvalue weighted by Crippen LogP contribution is 2.51. The van der Waals surface area contributed by atoms with Gasteiger partial charge < -0.3 is 5.32 Å². The number of azo groups is 1. The fourth-order valence-electron chi connectivity index (χ4n) is 5.91. The van der Waals surface area contributed by atoms with E-state index in [1.807, 2.05) is 13.8 Å². The summed E-state index contributed by atoms with van der Waals surface area (Å²) in [5.74, 6) is -1.49. The molecule has 3 rings (SSSR count). The van der Waals surface area contributed by atoms with Crippen LogP contribution < -0.4 is 5.32 Å². The molecule has 1 amide bonds. The normalized spacial score (nSPS) is 30.0. The number of carbonyl (C=O) groups excluding carboxylic acids is 1. The van der Waals surface area contributed by atoms with Crippen molar-refractivity contribution in [1.82, 2.24) is 9.62 Å². The lowest BCUT2D eigenvalue weighted by Gasteiger charge is -2.33. The first-order valence-corrected chi connectivity index (χ1v) is 14.4. The van der Waals surface area contributed by atoms with Gasteiger partial charge in [0, 0.05) is 26.2 Å². The smallest absolute Gasteiger partial charge is 0.226 e. The van der Waals surface area contributed by atoms with Crippen molar-refractivity contribution in [2.75, 3.05) is 26.4 Å². The predicted octanol–water partition coefficient (Wildman–Crippen LogP) is 4.86. The molecular weight excluding hydrogens is 486 g/mol. The van der Waals surface area contributed by atoms with Crippen molar-refractivity contribution >= 4 is 21.6 Å². The minimum absolute atomic E-state index is 0.0672. The number of hydrogen-bond donors (Lipinski definition) is 1. The van der Waals surface area contributed by atoms with E-state index < -0.39 is 27.1 Å². The number of halogens is 2. The Bertz CT molecular complexity index is 1120. The minimum atomic E-state index is -3.38. The summed E-state index contributed by atoms with van der Waals surface area (Å²) in [5.41, 5.74) is -1.05. The van der Waals surface area contributed by atoms with Crippen molar-refractivity contribution in [2.45, 2.75) is 53.0 Å². The van der Waals surface area contributed by atoms with Crippen LogP contribution in [0.5, 0.6) is 0 Å². The van der Waals surface area contributed by atoms with Crippen LogP contribution in [-0.2, 0) is 14.8 Å². The zero-order valence-corrected chi connectivity index (χ0v) is 22.8. The maximum absolute atomic E-state index is 14.6. The minimum Gasteiger partial charge on any atom is -0.354 e. The Hall–Kier alpha value is -2.20. The van der Waals surface area contributed by atoms with Crippen molar-refractivity contribution in [1.29, 1.82) is 0 Å². The number of hydrogen-bond acceptors (Lipinski definition) is 5. The second kappa shape index (κ2) is 11.0. The molecule has 1 saturated carbocycles. The number of carbonyl (C=O) groups is 1. The number of rotatable bonds is 8. The molecule has 10 heteroatoms. The summed E-state index contributed by atoms with van der Waals surface area (Å²) < 4.78 is 55.2. The van der Waals surface area contributed by atoms with E-state index >= 15 is 0 Å². The molecule has 0 radical (unpaired) electrons. The quantitative estimate of drug-likeness (QED) is 0.492. The molecular formula is C26H38F2N4O3S. The third-order valence-electron chi connectivity index (χ3n) is 7.83. The SMILES string of the molecule is C/N=N\C(=C/C1[C@H](C(C)C)CC[C@]1(C)C(=O)NC[C@@H]1C[C@@H](C)CN1S(C)(=O)=O)c1c(F)cccc1F. The molecule has 1 aliphatic heterocycles. The zero-order chi connectivity index (χ0) is 26.8. The molecule has 5 atom stereocenters. The Labute approximate surface area is 213 Å². The topological polar surface area (TPSA) is 91.2 Å². The van der Waals surface area contributed by atoms with Crippen molar-refractivity contribution in [3.8, 4) is 0 Å². The van der Waals surface area contributed by atoms with Gasteiger partial charge in [-0.25, -0.2) is 17.2 Å². The summed E-state index contributed by atoms with van der Waals surface area (Å²) in [7, 11) is -1.95. The van der Waals surface area contributed by atoms with Crippen LogP contribution in [0.15, 0.2) is 34.5 Å². The van der Waals surface area contributed by atoms with Gasteiger partial charge in [0.2, 0.25) is 15.9 Å². The first kappa shape index (κ1) is 28.4. The van der Waals surface area contributed by atoms with Crippen LogP contribution in [0.25, 0.3) is 5.70 Å². The Morgan fingerprint density at radius 3 is 2.50 bits per heavy atom. The Morgan fingerprint density at radius 1 is 1.31 bits per heavy atom. The summed E-state index contributed by atoms with van der Waals surface area (Å²) in [4.78, 5) is 13.6. The predicted molar refractivity (Wildman–Crippen MR) is 136 cm³/mol. The number of nitrogens with one attached hydrogen (secondary N) is 1. The highest BCUT2D eigenvalue weighted by molar-refractivity contribution is 7.88. The molecule has 1 aromatic rings. The number of amides is 1. The summed E-state index contributed by atoms with van der Waals surface area (Å²) in [6.45, 7) is 8.68. The lowest BCUT2D eigenvalue weighted by atomic mass is 9.72. The highest BCUT2D eigenvalue weighted by Gasteiger charge is 2.50. The average molecular weight is 525 g/mol. The first-order chi connectivity index (χ1) is 16.8. The number of sulfonamides is 1. The molecule has 1 heterocycles. The van der Waals surface area contributed by atoms with Gasteiger partial charge in [0.1, 0.15) is 11.6 Å². The monoisotopic (exact) mass is 524 g/mol. The van der Waals surface area contributed by atoms with Gasteiger partial charge >= 0.3 is 0 Å². The lowest BCUT2D eigenvalue weighted by molar-refractivity contribution is -0.131. The molecule has 2 aliphatic rings. The summed E-state index contributed by atoms with van der Waals surface area (Å²) in [6.07, 6.45) is 4.94. The summed E-state index contributed by atoms with van der Waals surface area (Å²) in [5, 5.41) is 10.9. The highest BCUT2D eigenvalue weighted by atomic mass is 32.2. The van der Waals surface area contributed by atoms with Crippen LogP contribution in [-0.4, -0.2) is 51.1 Å². The summed E-state index contributed by atoms with van der Waals surface area (Å²) in [6, 6.07) is 3.35. The van der Waals surface area contributed by atoms with Crippen LogP contribution in [0.4, 0.5) is 8.78 Å². The number of allylic oxidation sites excluding steroid dienone is 1. The van der Waals surface area contributed by atoms with Gasteiger partial charge in [0.05, 0.1) is 22.9 Å².